The molecular formula is C16H22ClNO3. The monoisotopic (exact) mass is 311 g/mol. The minimum Gasteiger partial charge on any atom is -0.493 e. The first-order valence-corrected chi connectivity index (χ1v) is 7.67. The Hall–Kier alpha value is -1.42. The molecule has 116 valence electrons. The number of rotatable bonds is 4. The van der Waals surface area contributed by atoms with E-state index in [1.165, 1.54) is 27.1 Å². The van der Waals surface area contributed by atoms with Gasteiger partial charge in [-0.25, -0.2) is 0 Å². The van der Waals surface area contributed by atoms with E-state index in [2.05, 4.69) is 12.2 Å². The predicted octanol–water partition coefficient (Wildman–Crippen LogP) is 3.67. The van der Waals surface area contributed by atoms with Gasteiger partial charge in [0.2, 0.25) is 0 Å². The van der Waals surface area contributed by atoms with Crippen molar-refractivity contribution in [2.24, 2.45) is 5.92 Å². The summed E-state index contributed by atoms with van der Waals surface area (Å²) in [7, 11) is 3.05. The molecule has 1 N–H and O–H groups in total. The number of benzene rings is 1. The summed E-state index contributed by atoms with van der Waals surface area (Å²) in [5, 5.41) is 3.48. The van der Waals surface area contributed by atoms with Gasteiger partial charge in [0.25, 0.3) is 5.91 Å². The molecule has 2 atom stereocenters. The number of nitrogens with one attached hydrogen (secondary N) is 1. The Morgan fingerprint density at radius 2 is 1.95 bits per heavy atom. The quantitative estimate of drug-likeness (QED) is 0.923. The molecule has 0 heterocycles. The van der Waals surface area contributed by atoms with Crippen LogP contribution in [0.4, 0.5) is 0 Å². The average molecular weight is 312 g/mol. The van der Waals surface area contributed by atoms with Gasteiger partial charge in [0.05, 0.1) is 19.2 Å². The van der Waals surface area contributed by atoms with Gasteiger partial charge in [-0.3, -0.25) is 4.79 Å². The molecule has 1 fully saturated rings. The van der Waals surface area contributed by atoms with Gasteiger partial charge in [-0.05, 0) is 30.9 Å². The van der Waals surface area contributed by atoms with Crippen molar-refractivity contribution in [3.05, 3.63) is 22.7 Å². The van der Waals surface area contributed by atoms with Crippen LogP contribution in [0.3, 0.4) is 0 Å². The van der Waals surface area contributed by atoms with E-state index in [-0.39, 0.29) is 11.9 Å². The molecule has 0 radical (unpaired) electrons. The van der Waals surface area contributed by atoms with Crippen LogP contribution in [0.2, 0.25) is 5.02 Å². The molecule has 0 bridgehead atoms. The third-order valence-electron chi connectivity index (χ3n) is 4.12. The molecule has 4 nitrogen and oxygen atoms in total. The third kappa shape index (κ3) is 3.62. The second kappa shape index (κ2) is 7.03. The number of carbonyl (C=O) groups excluding carboxylic acids is 1. The van der Waals surface area contributed by atoms with E-state index in [1.807, 2.05) is 0 Å². The maximum atomic E-state index is 12.4. The molecule has 0 saturated heterocycles. The van der Waals surface area contributed by atoms with Gasteiger partial charge >= 0.3 is 0 Å². The minimum absolute atomic E-state index is 0.114. The fourth-order valence-corrected chi connectivity index (χ4v) is 3.12. The number of amides is 1. The highest BCUT2D eigenvalue weighted by Crippen LogP contribution is 2.36. The van der Waals surface area contributed by atoms with Crippen molar-refractivity contribution in [1.82, 2.24) is 5.32 Å². The summed E-state index contributed by atoms with van der Waals surface area (Å²) in [6.07, 6.45) is 4.61. The van der Waals surface area contributed by atoms with Gasteiger partial charge in [-0.15, -0.1) is 0 Å². The van der Waals surface area contributed by atoms with E-state index >= 15 is 0 Å². The second-order valence-corrected chi connectivity index (χ2v) is 5.94. The third-order valence-corrected chi connectivity index (χ3v) is 4.40. The van der Waals surface area contributed by atoms with Crippen molar-refractivity contribution >= 4 is 17.5 Å². The van der Waals surface area contributed by atoms with Crippen LogP contribution in [0.15, 0.2) is 12.1 Å². The highest BCUT2D eigenvalue weighted by Gasteiger charge is 2.24. The van der Waals surface area contributed by atoms with Gasteiger partial charge in [-0.1, -0.05) is 31.4 Å². The molecule has 2 rings (SSSR count). The number of halogens is 1. The highest BCUT2D eigenvalue weighted by atomic mass is 35.5. The number of methoxy groups -OCH3 is 2. The number of ether oxygens (including phenoxy) is 2. The zero-order chi connectivity index (χ0) is 15.4. The minimum atomic E-state index is -0.114. The summed E-state index contributed by atoms with van der Waals surface area (Å²) in [6, 6.07) is 3.51. The SMILES string of the molecule is COc1cc(C(=O)N[C@H]2CCCC[C@@H]2C)cc(Cl)c1OC. The molecule has 1 amide bonds. The first-order chi connectivity index (χ1) is 10.1. The zero-order valence-electron chi connectivity index (χ0n) is 12.7. The van der Waals surface area contributed by atoms with Crippen molar-refractivity contribution in [2.75, 3.05) is 14.2 Å². The fraction of sp³-hybridized carbons (Fsp3) is 0.562. The first-order valence-electron chi connectivity index (χ1n) is 7.29. The van der Waals surface area contributed by atoms with Crippen molar-refractivity contribution in [1.29, 1.82) is 0 Å². The van der Waals surface area contributed by atoms with E-state index in [4.69, 9.17) is 21.1 Å². The maximum absolute atomic E-state index is 12.4. The van der Waals surface area contributed by atoms with E-state index in [9.17, 15) is 4.79 Å². The molecule has 1 aromatic carbocycles. The molecule has 5 heteroatoms. The van der Waals surface area contributed by atoms with Crippen molar-refractivity contribution < 1.29 is 14.3 Å². The van der Waals surface area contributed by atoms with Crippen LogP contribution in [0.5, 0.6) is 11.5 Å². The Morgan fingerprint density at radius 1 is 1.24 bits per heavy atom. The summed E-state index contributed by atoms with van der Waals surface area (Å²) in [5.41, 5.74) is 0.496. The topological polar surface area (TPSA) is 47.6 Å². The molecular weight excluding hydrogens is 290 g/mol. The van der Waals surface area contributed by atoms with Gasteiger partial charge in [0.1, 0.15) is 0 Å². The Bertz CT molecular complexity index is 518. The lowest BCUT2D eigenvalue weighted by Gasteiger charge is -2.29. The van der Waals surface area contributed by atoms with Crippen LogP contribution in [0.25, 0.3) is 0 Å². The summed E-state index contributed by atoms with van der Waals surface area (Å²) in [4.78, 5) is 12.4. The van der Waals surface area contributed by atoms with E-state index in [0.717, 1.165) is 12.8 Å². The Kier molecular flexibility index (Phi) is 5.34. The van der Waals surface area contributed by atoms with Crippen LogP contribution in [0.1, 0.15) is 43.0 Å². The maximum Gasteiger partial charge on any atom is 0.251 e. The van der Waals surface area contributed by atoms with Gasteiger partial charge < -0.3 is 14.8 Å². The van der Waals surface area contributed by atoms with Crippen LogP contribution < -0.4 is 14.8 Å². The Morgan fingerprint density at radius 3 is 2.57 bits per heavy atom. The molecule has 0 spiro atoms. The molecule has 1 aliphatic carbocycles. The van der Waals surface area contributed by atoms with Crippen LogP contribution in [0, 0.1) is 5.92 Å². The normalized spacial score (nSPS) is 21.7. The summed E-state index contributed by atoms with van der Waals surface area (Å²) < 4.78 is 10.4. The van der Waals surface area contributed by atoms with E-state index in [0.29, 0.717) is 28.0 Å². The van der Waals surface area contributed by atoms with Gasteiger partial charge in [0, 0.05) is 11.6 Å². The zero-order valence-corrected chi connectivity index (χ0v) is 13.5. The second-order valence-electron chi connectivity index (χ2n) is 5.54. The summed E-state index contributed by atoms with van der Waals surface area (Å²) in [5.74, 6) is 1.31. The van der Waals surface area contributed by atoms with Crippen LogP contribution in [-0.4, -0.2) is 26.2 Å². The van der Waals surface area contributed by atoms with E-state index < -0.39 is 0 Å². The fourth-order valence-electron chi connectivity index (χ4n) is 2.83. The first kappa shape index (κ1) is 16.0. The van der Waals surface area contributed by atoms with Crippen LogP contribution >= 0.6 is 11.6 Å². The number of hydrogen-bond acceptors (Lipinski definition) is 3. The molecule has 0 aromatic heterocycles. The van der Waals surface area contributed by atoms with Crippen molar-refractivity contribution in [3.8, 4) is 11.5 Å². The molecule has 1 aromatic rings. The summed E-state index contributed by atoms with van der Waals surface area (Å²) in [6.45, 7) is 2.19. The highest BCUT2D eigenvalue weighted by molar-refractivity contribution is 6.32. The molecule has 0 unspecified atom stereocenters. The molecule has 1 saturated carbocycles. The molecule has 21 heavy (non-hydrogen) atoms. The number of carbonyl (C=O) groups is 1. The lowest BCUT2D eigenvalue weighted by Crippen LogP contribution is -2.41. The smallest absolute Gasteiger partial charge is 0.251 e. The molecule has 0 aliphatic heterocycles. The lowest BCUT2D eigenvalue weighted by molar-refractivity contribution is 0.0910. The largest absolute Gasteiger partial charge is 0.493 e. The summed E-state index contributed by atoms with van der Waals surface area (Å²) >= 11 is 6.14. The Balaban J connectivity index is 2.17. The predicted molar refractivity (Wildman–Crippen MR) is 83.4 cm³/mol. The van der Waals surface area contributed by atoms with E-state index in [1.54, 1.807) is 12.1 Å². The van der Waals surface area contributed by atoms with Gasteiger partial charge in [-0.2, -0.15) is 0 Å². The standard InChI is InChI=1S/C16H22ClNO3/c1-10-6-4-5-7-13(10)18-16(19)11-8-12(17)15(21-3)14(9-11)20-2/h8-10,13H,4-7H2,1-3H3,(H,18,19)/t10-,13-/m0/s1. The molecule has 1 aliphatic rings. The number of hydrogen-bond donors (Lipinski definition) is 1. The van der Waals surface area contributed by atoms with Crippen molar-refractivity contribution in [2.45, 2.75) is 38.6 Å². The lowest BCUT2D eigenvalue weighted by atomic mass is 9.86. The van der Waals surface area contributed by atoms with Gasteiger partial charge in [0.15, 0.2) is 11.5 Å². The van der Waals surface area contributed by atoms with Crippen molar-refractivity contribution in [3.63, 3.8) is 0 Å². The Labute approximate surface area is 130 Å². The average Bonchev–Trinajstić information content (AvgIpc) is 2.48. The van der Waals surface area contributed by atoms with Crippen LogP contribution in [-0.2, 0) is 0 Å².